The molecule has 0 fully saturated rings. The average Bonchev–Trinajstić information content (AvgIpc) is 2.84. The number of esters is 1. The number of nitrogens with zero attached hydrogens (tertiary/aromatic N) is 1. The van der Waals surface area contributed by atoms with Crippen molar-refractivity contribution in [3.8, 4) is 9.88 Å². The van der Waals surface area contributed by atoms with E-state index in [0.29, 0.717) is 4.88 Å². The van der Waals surface area contributed by atoms with E-state index in [4.69, 9.17) is 11.6 Å². The van der Waals surface area contributed by atoms with E-state index in [0.717, 1.165) is 9.88 Å². The van der Waals surface area contributed by atoms with E-state index < -0.39 is 5.97 Å². The highest BCUT2D eigenvalue weighted by Crippen LogP contribution is 2.33. The van der Waals surface area contributed by atoms with Crippen molar-refractivity contribution < 1.29 is 9.53 Å². The van der Waals surface area contributed by atoms with Gasteiger partial charge in [0.25, 0.3) is 0 Å². The van der Waals surface area contributed by atoms with E-state index >= 15 is 0 Å². The monoisotopic (exact) mass is 259 g/mol. The number of hydrogen-bond donors (Lipinski definition) is 0. The maximum absolute atomic E-state index is 11.3. The second-order valence-corrected chi connectivity index (χ2v) is 4.91. The van der Waals surface area contributed by atoms with Crippen molar-refractivity contribution in [3.63, 3.8) is 0 Å². The molecule has 0 N–H and O–H groups in total. The van der Waals surface area contributed by atoms with Crippen molar-refractivity contribution in [3.05, 3.63) is 27.5 Å². The average molecular weight is 260 g/mol. The molecule has 3 nitrogen and oxygen atoms in total. The summed E-state index contributed by atoms with van der Waals surface area (Å²) in [6, 6.07) is 3.86. The highest BCUT2D eigenvalue weighted by molar-refractivity contribution is 7.22. The molecule has 0 radical (unpaired) electrons. The second-order valence-electron chi connectivity index (χ2n) is 2.61. The molecule has 0 aliphatic rings. The van der Waals surface area contributed by atoms with Crippen LogP contribution in [0.3, 0.4) is 0 Å². The molecule has 2 heterocycles. The maximum atomic E-state index is 11.3. The minimum absolute atomic E-state index is 0.204. The van der Waals surface area contributed by atoms with Crippen molar-refractivity contribution in [2.45, 2.75) is 0 Å². The number of halogens is 1. The Morgan fingerprint density at radius 3 is 3.00 bits per heavy atom. The van der Waals surface area contributed by atoms with Crippen molar-refractivity contribution >= 4 is 40.2 Å². The number of rotatable bonds is 2. The predicted octanol–water partition coefficient (Wildman–Crippen LogP) is 3.31. The number of ether oxygens (including phenoxy) is 1. The molecule has 2 aromatic heterocycles. The Balaban J connectivity index is 2.41. The zero-order valence-corrected chi connectivity index (χ0v) is 10.1. The van der Waals surface area contributed by atoms with Crippen LogP contribution in [0, 0.1) is 0 Å². The van der Waals surface area contributed by atoms with Gasteiger partial charge in [-0.15, -0.1) is 22.7 Å². The molecule has 0 bridgehead atoms. The summed E-state index contributed by atoms with van der Waals surface area (Å²) in [6.45, 7) is 0. The molecule has 0 aliphatic carbocycles. The van der Waals surface area contributed by atoms with Gasteiger partial charge in [0.1, 0.15) is 5.01 Å². The fourth-order valence-corrected chi connectivity index (χ4v) is 3.03. The van der Waals surface area contributed by atoms with Crippen LogP contribution in [0.5, 0.6) is 0 Å². The molecule has 0 saturated heterocycles. The predicted molar refractivity (Wildman–Crippen MR) is 61.8 cm³/mol. The maximum Gasteiger partial charge on any atom is 0.351 e. The molecule has 78 valence electrons. The molecule has 2 aromatic rings. The highest BCUT2D eigenvalue weighted by Gasteiger charge is 2.18. The third kappa shape index (κ3) is 2.04. The molecule has 0 amide bonds. The standard InChI is InChI=1S/C9H6ClNO2S2/c1-13-9(12)6-7(10)11-8(15-6)5-3-2-4-14-5/h2-4H,1H3. The minimum atomic E-state index is -0.444. The molecular weight excluding hydrogens is 254 g/mol. The van der Waals surface area contributed by atoms with Crippen LogP contribution in [-0.4, -0.2) is 18.1 Å². The van der Waals surface area contributed by atoms with Crippen molar-refractivity contribution in [2.24, 2.45) is 0 Å². The van der Waals surface area contributed by atoms with Crippen LogP contribution in [0.25, 0.3) is 9.88 Å². The first kappa shape index (κ1) is 10.6. The largest absolute Gasteiger partial charge is 0.465 e. The van der Waals surface area contributed by atoms with E-state index in [1.807, 2.05) is 17.5 Å². The van der Waals surface area contributed by atoms with Gasteiger partial charge in [0.2, 0.25) is 0 Å². The molecule has 6 heteroatoms. The number of thiophene rings is 1. The summed E-state index contributed by atoms with van der Waals surface area (Å²) in [5.74, 6) is -0.444. The lowest BCUT2D eigenvalue weighted by Gasteiger charge is -1.92. The van der Waals surface area contributed by atoms with Crippen LogP contribution in [0.4, 0.5) is 0 Å². The van der Waals surface area contributed by atoms with Crippen LogP contribution in [0.2, 0.25) is 5.15 Å². The van der Waals surface area contributed by atoms with Gasteiger partial charge in [-0.1, -0.05) is 17.7 Å². The molecular formula is C9H6ClNO2S2. The summed E-state index contributed by atoms with van der Waals surface area (Å²) in [6.07, 6.45) is 0. The summed E-state index contributed by atoms with van der Waals surface area (Å²) in [5, 5.41) is 2.90. The first-order valence-corrected chi connectivity index (χ1v) is 6.08. The summed E-state index contributed by atoms with van der Waals surface area (Å²) >= 11 is 8.64. The lowest BCUT2D eigenvalue weighted by Crippen LogP contribution is -1.98. The lowest BCUT2D eigenvalue weighted by molar-refractivity contribution is 0.0606. The van der Waals surface area contributed by atoms with Gasteiger partial charge in [-0.3, -0.25) is 0 Å². The Hall–Kier alpha value is -0.910. The van der Waals surface area contributed by atoms with Gasteiger partial charge in [0.05, 0.1) is 12.0 Å². The minimum Gasteiger partial charge on any atom is -0.465 e. The topological polar surface area (TPSA) is 39.2 Å². The molecule has 0 saturated carbocycles. The van der Waals surface area contributed by atoms with Gasteiger partial charge in [-0.05, 0) is 11.4 Å². The normalized spacial score (nSPS) is 10.3. The zero-order chi connectivity index (χ0) is 10.8. The number of hydrogen-bond acceptors (Lipinski definition) is 5. The van der Waals surface area contributed by atoms with Crippen LogP contribution < -0.4 is 0 Å². The number of carbonyl (C=O) groups is 1. The van der Waals surface area contributed by atoms with E-state index in [-0.39, 0.29) is 5.15 Å². The van der Waals surface area contributed by atoms with Gasteiger partial charge in [0.15, 0.2) is 10.0 Å². The second kappa shape index (κ2) is 4.30. The van der Waals surface area contributed by atoms with Crippen LogP contribution >= 0.6 is 34.3 Å². The smallest absolute Gasteiger partial charge is 0.351 e. The molecule has 0 aromatic carbocycles. The van der Waals surface area contributed by atoms with Crippen molar-refractivity contribution in [1.29, 1.82) is 0 Å². The van der Waals surface area contributed by atoms with E-state index in [1.54, 1.807) is 11.3 Å². The molecule has 2 rings (SSSR count). The summed E-state index contributed by atoms with van der Waals surface area (Å²) in [4.78, 5) is 16.7. The van der Waals surface area contributed by atoms with E-state index in [1.165, 1.54) is 18.4 Å². The Morgan fingerprint density at radius 1 is 1.60 bits per heavy atom. The van der Waals surface area contributed by atoms with Crippen molar-refractivity contribution in [2.75, 3.05) is 7.11 Å². The van der Waals surface area contributed by atoms with Crippen LogP contribution in [0.15, 0.2) is 17.5 Å². The van der Waals surface area contributed by atoms with E-state index in [2.05, 4.69) is 9.72 Å². The quantitative estimate of drug-likeness (QED) is 0.777. The van der Waals surface area contributed by atoms with Crippen LogP contribution in [-0.2, 0) is 4.74 Å². The third-order valence-electron chi connectivity index (χ3n) is 1.69. The Labute approximate surface area is 99.3 Å². The number of methoxy groups -OCH3 is 1. The molecule has 0 unspecified atom stereocenters. The number of aromatic nitrogens is 1. The first-order valence-electron chi connectivity index (χ1n) is 4.01. The van der Waals surface area contributed by atoms with Gasteiger partial charge >= 0.3 is 5.97 Å². The highest BCUT2D eigenvalue weighted by atomic mass is 35.5. The van der Waals surface area contributed by atoms with Gasteiger partial charge in [0, 0.05) is 0 Å². The molecule has 0 spiro atoms. The lowest BCUT2D eigenvalue weighted by atomic mass is 10.5. The van der Waals surface area contributed by atoms with Crippen molar-refractivity contribution in [1.82, 2.24) is 4.98 Å². The SMILES string of the molecule is COC(=O)c1sc(-c2cccs2)nc1Cl. The number of carbonyl (C=O) groups excluding carboxylic acids is 1. The Kier molecular flexibility index (Phi) is 3.04. The number of thiazole rings is 1. The fourth-order valence-electron chi connectivity index (χ4n) is 1.03. The van der Waals surface area contributed by atoms with Gasteiger partial charge in [-0.25, -0.2) is 9.78 Å². The van der Waals surface area contributed by atoms with Crippen LogP contribution in [0.1, 0.15) is 9.67 Å². The Bertz CT molecular complexity index is 478. The summed E-state index contributed by atoms with van der Waals surface area (Å²) < 4.78 is 4.60. The Morgan fingerprint density at radius 2 is 2.40 bits per heavy atom. The van der Waals surface area contributed by atoms with E-state index in [9.17, 15) is 4.79 Å². The molecule has 0 atom stereocenters. The molecule has 15 heavy (non-hydrogen) atoms. The third-order valence-corrected chi connectivity index (χ3v) is 4.15. The first-order chi connectivity index (χ1) is 7.22. The molecule has 0 aliphatic heterocycles. The fraction of sp³-hybridized carbons (Fsp3) is 0.111. The zero-order valence-electron chi connectivity index (χ0n) is 7.69. The summed E-state index contributed by atoms with van der Waals surface area (Å²) in [5.41, 5.74) is 0. The van der Waals surface area contributed by atoms with Gasteiger partial charge < -0.3 is 4.74 Å². The van der Waals surface area contributed by atoms with Gasteiger partial charge in [-0.2, -0.15) is 0 Å². The summed E-state index contributed by atoms with van der Waals surface area (Å²) in [7, 11) is 1.32.